The highest BCUT2D eigenvalue weighted by molar-refractivity contribution is 5.93. The van der Waals surface area contributed by atoms with Gasteiger partial charge in [-0.1, -0.05) is 0 Å². The lowest BCUT2D eigenvalue weighted by atomic mass is 10.2. The van der Waals surface area contributed by atoms with E-state index in [-0.39, 0.29) is 5.56 Å². The van der Waals surface area contributed by atoms with Crippen molar-refractivity contribution in [2.24, 2.45) is 0 Å². The van der Waals surface area contributed by atoms with Gasteiger partial charge in [-0.2, -0.15) is 13.2 Å². The molecule has 1 rings (SSSR count). The second kappa shape index (κ2) is 5.00. The van der Waals surface area contributed by atoms with E-state index in [9.17, 15) is 22.8 Å². The average Bonchev–Trinajstić information content (AvgIpc) is 2.24. The van der Waals surface area contributed by atoms with Crippen LogP contribution < -0.4 is 10.7 Å². The van der Waals surface area contributed by atoms with Gasteiger partial charge in [0, 0.05) is 18.5 Å². The minimum absolute atomic E-state index is 0.318. The molecule has 1 heterocycles. The molecule has 0 saturated heterocycles. The molecule has 1 atom stereocenters. The molecule has 1 amide bonds. The Hall–Kier alpha value is -1.83. The van der Waals surface area contributed by atoms with Crippen molar-refractivity contribution in [1.29, 1.82) is 0 Å². The van der Waals surface area contributed by atoms with Gasteiger partial charge in [0.1, 0.15) is 5.56 Å². The van der Waals surface area contributed by atoms with E-state index in [1.54, 1.807) is 0 Å². The van der Waals surface area contributed by atoms with E-state index >= 15 is 0 Å². The lowest BCUT2D eigenvalue weighted by Crippen LogP contribution is -2.41. The molecular formula is C9H9F3N2O3. The van der Waals surface area contributed by atoms with Crippen LogP contribution >= 0.6 is 0 Å². The first-order chi connectivity index (χ1) is 7.82. The van der Waals surface area contributed by atoms with Crippen LogP contribution in [0, 0.1) is 0 Å². The predicted octanol–water partition coefficient (Wildman–Crippen LogP) is 0.0279. The minimum atomic E-state index is -4.81. The first kappa shape index (κ1) is 13.2. The quantitative estimate of drug-likeness (QED) is 0.707. The fourth-order valence-corrected chi connectivity index (χ4v) is 0.994. The summed E-state index contributed by atoms with van der Waals surface area (Å²) in [6, 6.07) is 1.06. The lowest BCUT2D eigenvalue weighted by molar-refractivity contribution is -0.201. The van der Waals surface area contributed by atoms with E-state index in [1.165, 1.54) is 6.20 Å². The van der Waals surface area contributed by atoms with Crippen molar-refractivity contribution < 1.29 is 23.1 Å². The van der Waals surface area contributed by atoms with Crippen LogP contribution in [0.3, 0.4) is 0 Å². The molecule has 0 spiro atoms. The summed E-state index contributed by atoms with van der Waals surface area (Å²) >= 11 is 0. The second-order valence-corrected chi connectivity index (χ2v) is 3.19. The third-order valence-corrected chi connectivity index (χ3v) is 1.90. The predicted molar refractivity (Wildman–Crippen MR) is 51.5 cm³/mol. The number of hydrogen-bond donors (Lipinski definition) is 3. The van der Waals surface area contributed by atoms with Gasteiger partial charge in [0.25, 0.3) is 5.91 Å². The molecule has 1 unspecified atom stereocenters. The molecule has 8 heteroatoms. The number of carbonyl (C=O) groups excluding carboxylic acids is 1. The van der Waals surface area contributed by atoms with E-state index in [0.717, 1.165) is 12.3 Å². The summed E-state index contributed by atoms with van der Waals surface area (Å²) in [5.74, 6) is -0.977. The molecule has 0 saturated carbocycles. The van der Waals surface area contributed by atoms with Crippen molar-refractivity contribution in [2.45, 2.75) is 12.3 Å². The Labute approximate surface area is 93.3 Å². The normalized spacial score (nSPS) is 13.2. The Balaban J connectivity index is 2.63. The molecule has 1 aromatic heterocycles. The van der Waals surface area contributed by atoms with Crippen LogP contribution in [0.2, 0.25) is 0 Å². The number of aromatic amines is 1. The summed E-state index contributed by atoms with van der Waals surface area (Å²) in [6.07, 6.45) is -5.12. The topological polar surface area (TPSA) is 82.2 Å². The number of amides is 1. The summed E-state index contributed by atoms with van der Waals surface area (Å²) in [4.78, 5) is 24.9. The standard InChI is InChI=1S/C9H9F3N2O3/c10-9(11,12)7(16)4-14-8(17)5-3-13-2-1-6(5)15/h1-3,7,16H,4H2,(H,13,15)(H,14,17). The van der Waals surface area contributed by atoms with Crippen molar-refractivity contribution in [1.82, 2.24) is 10.3 Å². The molecule has 0 aromatic carbocycles. The van der Waals surface area contributed by atoms with Crippen molar-refractivity contribution in [2.75, 3.05) is 6.54 Å². The number of hydrogen-bond acceptors (Lipinski definition) is 3. The van der Waals surface area contributed by atoms with Crippen molar-refractivity contribution in [3.63, 3.8) is 0 Å². The molecule has 3 N–H and O–H groups in total. The van der Waals surface area contributed by atoms with Crippen LogP contribution in [0.1, 0.15) is 10.4 Å². The summed E-state index contributed by atoms with van der Waals surface area (Å²) in [5, 5.41) is 10.4. The first-order valence-corrected chi connectivity index (χ1v) is 4.52. The number of aromatic nitrogens is 1. The van der Waals surface area contributed by atoms with Crippen molar-refractivity contribution in [3.05, 3.63) is 34.2 Å². The molecule has 94 valence electrons. The van der Waals surface area contributed by atoms with Gasteiger partial charge < -0.3 is 15.4 Å². The Morgan fingerprint density at radius 1 is 1.53 bits per heavy atom. The number of carbonyl (C=O) groups is 1. The second-order valence-electron chi connectivity index (χ2n) is 3.19. The van der Waals surface area contributed by atoms with Gasteiger partial charge in [-0.25, -0.2) is 0 Å². The molecule has 0 radical (unpaired) electrons. The maximum Gasteiger partial charge on any atom is 0.416 e. The highest BCUT2D eigenvalue weighted by Gasteiger charge is 2.38. The summed E-state index contributed by atoms with van der Waals surface area (Å²) in [5.41, 5.74) is -0.940. The molecule has 1 aromatic rings. The lowest BCUT2D eigenvalue weighted by Gasteiger charge is -2.14. The van der Waals surface area contributed by atoms with E-state index < -0.39 is 30.2 Å². The third-order valence-electron chi connectivity index (χ3n) is 1.90. The Morgan fingerprint density at radius 3 is 2.71 bits per heavy atom. The molecule has 0 bridgehead atoms. The van der Waals surface area contributed by atoms with Gasteiger partial charge in [-0.05, 0) is 0 Å². The number of rotatable bonds is 3. The fraction of sp³-hybridized carbons (Fsp3) is 0.333. The van der Waals surface area contributed by atoms with Gasteiger partial charge >= 0.3 is 6.18 Å². The van der Waals surface area contributed by atoms with Crippen molar-refractivity contribution >= 4 is 5.91 Å². The number of aliphatic hydroxyl groups is 1. The van der Waals surface area contributed by atoms with Gasteiger partial charge in [-0.3, -0.25) is 9.59 Å². The average molecular weight is 250 g/mol. The summed E-state index contributed by atoms with van der Waals surface area (Å²) in [6.45, 7) is -1.00. The molecule has 0 aliphatic rings. The van der Waals surface area contributed by atoms with E-state index in [0.29, 0.717) is 0 Å². The van der Waals surface area contributed by atoms with Crippen LogP contribution in [0.4, 0.5) is 13.2 Å². The van der Waals surface area contributed by atoms with Crippen molar-refractivity contribution in [3.8, 4) is 0 Å². The van der Waals surface area contributed by atoms with Crippen LogP contribution in [0.5, 0.6) is 0 Å². The number of H-pyrrole nitrogens is 1. The third kappa shape index (κ3) is 3.59. The van der Waals surface area contributed by atoms with E-state index in [4.69, 9.17) is 5.11 Å². The minimum Gasteiger partial charge on any atom is -0.382 e. The number of alkyl halides is 3. The van der Waals surface area contributed by atoms with Gasteiger partial charge in [0.15, 0.2) is 11.5 Å². The molecule has 0 fully saturated rings. The van der Waals surface area contributed by atoms with Crippen LogP contribution in [-0.4, -0.2) is 34.8 Å². The maximum atomic E-state index is 11.9. The number of nitrogens with one attached hydrogen (secondary N) is 2. The molecule has 0 aliphatic heterocycles. The van der Waals surface area contributed by atoms with E-state index in [1.807, 2.05) is 5.32 Å². The number of pyridine rings is 1. The van der Waals surface area contributed by atoms with Crippen LogP contribution in [0.25, 0.3) is 0 Å². The Morgan fingerprint density at radius 2 is 2.18 bits per heavy atom. The fourth-order valence-electron chi connectivity index (χ4n) is 0.994. The summed E-state index contributed by atoms with van der Waals surface area (Å²) in [7, 11) is 0. The Bertz CT molecular complexity index is 455. The molecule has 0 aliphatic carbocycles. The maximum absolute atomic E-state index is 11.9. The SMILES string of the molecule is O=C(NCC(O)C(F)(F)F)c1c[nH]ccc1=O. The number of aliphatic hydroxyl groups excluding tert-OH is 1. The highest BCUT2D eigenvalue weighted by Crippen LogP contribution is 2.19. The van der Waals surface area contributed by atoms with Crippen LogP contribution in [0.15, 0.2) is 23.3 Å². The molecule has 5 nitrogen and oxygen atoms in total. The number of halogens is 3. The zero-order valence-electron chi connectivity index (χ0n) is 8.41. The summed E-state index contributed by atoms with van der Waals surface area (Å²) < 4.78 is 35.7. The van der Waals surface area contributed by atoms with Crippen LogP contribution in [-0.2, 0) is 0 Å². The zero-order valence-corrected chi connectivity index (χ0v) is 8.41. The monoisotopic (exact) mass is 250 g/mol. The first-order valence-electron chi connectivity index (χ1n) is 4.52. The Kier molecular flexibility index (Phi) is 3.89. The van der Waals surface area contributed by atoms with Gasteiger partial charge in [-0.15, -0.1) is 0 Å². The molecular weight excluding hydrogens is 241 g/mol. The van der Waals surface area contributed by atoms with Gasteiger partial charge in [0.2, 0.25) is 0 Å². The van der Waals surface area contributed by atoms with E-state index in [2.05, 4.69) is 4.98 Å². The zero-order chi connectivity index (χ0) is 13.1. The smallest absolute Gasteiger partial charge is 0.382 e. The largest absolute Gasteiger partial charge is 0.416 e. The van der Waals surface area contributed by atoms with Gasteiger partial charge in [0.05, 0.1) is 6.54 Å². The molecule has 17 heavy (non-hydrogen) atoms. The highest BCUT2D eigenvalue weighted by atomic mass is 19.4.